The third-order valence-electron chi connectivity index (χ3n) is 16.1. The molecule has 8 aliphatic carbocycles. The fourth-order valence-electron chi connectivity index (χ4n) is 12.9. The average molecular weight is 1200 g/mol. The quantitative estimate of drug-likeness (QED) is 0.182. The van der Waals surface area contributed by atoms with Crippen molar-refractivity contribution in [1.82, 2.24) is 0 Å². The smallest absolute Gasteiger partial charge is 0.455 e. The van der Waals surface area contributed by atoms with E-state index in [0.717, 1.165) is 69.5 Å². The maximum Gasteiger partial charge on any atom is 4.00 e. The maximum atomic E-state index is 7.25. The van der Waals surface area contributed by atoms with Gasteiger partial charge in [-0.3, -0.25) is 0 Å². The van der Waals surface area contributed by atoms with E-state index in [-0.39, 0.29) is 111 Å². The monoisotopic (exact) mass is 1200 g/mol. The van der Waals surface area contributed by atoms with Crippen LogP contribution in [0.15, 0.2) is 97.2 Å². The number of hydrogen-bond donors (Lipinski definition) is 0. The topological polar surface area (TPSA) is 9.23 Å². The third kappa shape index (κ3) is 13.1. The Balaban J connectivity index is -0.000000439. The molecule has 0 heterocycles. The van der Waals surface area contributed by atoms with E-state index in [0.29, 0.717) is 0 Å². The van der Waals surface area contributed by atoms with Crippen molar-refractivity contribution in [3.05, 3.63) is 157 Å². The predicted octanol–water partition coefficient (Wildman–Crippen LogP) is 16.6. The van der Waals surface area contributed by atoms with E-state index in [1.54, 1.807) is 0 Å². The van der Waals surface area contributed by atoms with Gasteiger partial charge < -0.3 is 63.5 Å². The normalized spacial score (nSPS) is 33.4. The molecule has 0 aromatic carbocycles. The Labute approximate surface area is 413 Å². The molecule has 0 amide bonds. The Bertz CT molecular complexity index is 1360. The van der Waals surface area contributed by atoms with Crippen molar-refractivity contribution < 1.29 is 55.8 Å². The minimum absolute atomic E-state index is 0. The fourth-order valence-corrected chi connectivity index (χ4v) is 37.9. The molecule has 12 atom stereocenters. The number of fused-ring (bicyclic) bond motifs is 4. The van der Waals surface area contributed by atoms with Crippen LogP contribution in [0.5, 0.6) is 0 Å². The van der Waals surface area contributed by atoms with Crippen LogP contribution in [0.2, 0.25) is 74.5 Å². The van der Waals surface area contributed by atoms with Gasteiger partial charge in [-0.05, 0) is 134 Å². The molecule has 4 saturated carbocycles. The van der Waals surface area contributed by atoms with Crippen molar-refractivity contribution in [1.29, 1.82) is 0 Å². The van der Waals surface area contributed by atoms with Crippen LogP contribution in [0, 0.1) is 107 Å². The standard InChI is InChI=1S/C22H34OSi2.C22H34Si2.8CH3.2Hf/c1-24(2,21-15-13-17-9-5-7-11-19(17)21)23-25(3,4)22-16-14-18-10-6-8-12-20(18)22;1-23(2,21-15-13-17-9-5-7-11-19(17)21)24(3,4)22-16-14-18-10-6-8-12-20(18)22;;;;;;;;;;/h5-12,17-22H,13-16H2,1-4H3;5-12,17-22H,13-16H2,1-4H3;8*1H3;;/q;;8*-1;2*+4. The molecule has 8 rings (SSSR count). The first-order valence-corrected chi connectivity index (χ1v) is 33.5. The Morgan fingerprint density at radius 3 is 0.763 bits per heavy atom. The summed E-state index contributed by atoms with van der Waals surface area (Å²) in [5.74, 6) is 6.46. The van der Waals surface area contributed by atoms with Crippen LogP contribution in [0.4, 0.5) is 0 Å². The van der Waals surface area contributed by atoms with Gasteiger partial charge >= 0.3 is 51.7 Å². The molecule has 0 aromatic heterocycles. The van der Waals surface area contributed by atoms with Gasteiger partial charge in [-0.25, -0.2) is 0 Å². The van der Waals surface area contributed by atoms with Crippen LogP contribution in [-0.2, 0) is 55.8 Å². The van der Waals surface area contributed by atoms with Crippen molar-refractivity contribution in [2.75, 3.05) is 0 Å². The summed E-state index contributed by atoms with van der Waals surface area (Å²) >= 11 is 0. The Morgan fingerprint density at radius 1 is 0.305 bits per heavy atom. The van der Waals surface area contributed by atoms with Crippen LogP contribution < -0.4 is 0 Å². The molecule has 7 heteroatoms. The second-order valence-electron chi connectivity index (χ2n) is 19.5. The van der Waals surface area contributed by atoms with Gasteiger partial charge in [0, 0.05) is 15.2 Å². The van der Waals surface area contributed by atoms with Gasteiger partial charge in [-0.2, -0.15) is 0 Å². The van der Waals surface area contributed by atoms with Gasteiger partial charge in [0.15, 0.2) is 16.6 Å². The van der Waals surface area contributed by atoms with Gasteiger partial charge in [0.05, 0.1) is 0 Å². The maximum absolute atomic E-state index is 7.25. The number of allylic oxidation sites excluding steroid dienone is 16. The predicted molar refractivity (Wildman–Crippen MR) is 275 cm³/mol. The molecule has 0 N–H and O–H groups in total. The van der Waals surface area contributed by atoms with E-state index >= 15 is 0 Å². The van der Waals surface area contributed by atoms with E-state index < -0.39 is 31.8 Å². The Morgan fingerprint density at radius 2 is 0.508 bits per heavy atom. The summed E-state index contributed by atoms with van der Waals surface area (Å²) in [5.41, 5.74) is 3.63. The third-order valence-corrected chi connectivity index (χ3v) is 45.8. The van der Waals surface area contributed by atoms with Gasteiger partial charge in [0.25, 0.3) is 0 Å². The van der Waals surface area contributed by atoms with Crippen LogP contribution in [-0.4, -0.2) is 31.8 Å². The molecular formula is C52H92Hf2OSi4. The van der Waals surface area contributed by atoms with Crippen LogP contribution in [0.25, 0.3) is 0 Å². The molecule has 0 radical (unpaired) electrons. The van der Waals surface area contributed by atoms with Crippen molar-refractivity contribution in [3.63, 3.8) is 0 Å². The molecule has 8 aliphatic rings. The zero-order chi connectivity index (χ0) is 34.6. The number of rotatable bonds is 7. The molecule has 330 valence electrons. The number of hydrogen-bond acceptors (Lipinski definition) is 1. The second kappa shape index (κ2) is 26.4. The summed E-state index contributed by atoms with van der Waals surface area (Å²) in [6, 6.07) is 0. The van der Waals surface area contributed by atoms with Crippen molar-refractivity contribution in [2.45, 2.75) is 126 Å². The fraction of sp³-hybridized carbons (Fsp3) is 0.538. The van der Waals surface area contributed by atoms with Gasteiger partial charge in [-0.15, -0.1) is 0 Å². The van der Waals surface area contributed by atoms with Crippen LogP contribution in [0.3, 0.4) is 0 Å². The van der Waals surface area contributed by atoms with Gasteiger partial charge in [0.1, 0.15) is 0 Å². The van der Waals surface area contributed by atoms with Crippen molar-refractivity contribution >= 4 is 31.8 Å². The summed E-state index contributed by atoms with van der Waals surface area (Å²) < 4.78 is 7.25. The molecule has 0 spiro atoms. The van der Waals surface area contributed by atoms with E-state index in [1.807, 2.05) is 0 Å². The molecule has 4 fully saturated rings. The largest absolute Gasteiger partial charge is 4.00 e. The molecule has 0 bridgehead atoms. The molecule has 0 aromatic rings. The first-order valence-electron chi connectivity index (χ1n) is 20.4. The van der Waals surface area contributed by atoms with Crippen LogP contribution in [0.1, 0.15) is 51.4 Å². The van der Waals surface area contributed by atoms with Crippen molar-refractivity contribution in [3.8, 4) is 0 Å². The molecule has 12 unspecified atom stereocenters. The minimum Gasteiger partial charge on any atom is -0.455 e. The molecule has 59 heavy (non-hydrogen) atoms. The zero-order valence-electron chi connectivity index (χ0n) is 41.2. The molecule has 0 aliphatic heterocycles. The Hall–Kier alpha value is 0.488. The first-order chi connectivity index (χ1) is 23.3. The minimum atomic E-state index is -1.70. The summed E-state index contributed by atoms with van der Waals surface area (Å²) in [4.78, 5) is 0. The van der Waals surface area contributed by atoms with E-state index in [1.165, 1.54) is 51.4 Å². The second-order valence-corrected chi connectivity index (χ2v) is 44.3. The average Bonchev–Trinajstić information content (AvgIpc) is 3.88. The van der Waals surface area contributed by atoms with Crippen molar-refractivity contribution in [2.24, 2.45) is 47.3 Å². The summed E-state index contributed by atoms with van der Waals surface area (Å²) in [6.07, 6.45) is 49.6. The summed E-state index contributed by atoms with van der Waals surface area (Å²) in [7, 11) is -5.91. The first kappa shape index (κ1) is 66.1. The van der Waals surface area contributed by atoms with Gasteiger partial charge in [0.2, 0.25) is 0 Å². The van der Waals surface area contributed by atoms with Crippen LogP contribution >= 0.6 is 0 Å². The van der Waals surface area contributed by atoms with E-state index in [4.69, 9.17) is 4.12 Å². The van der Waals surface area contributed by atoms with Gasteiger partial charge in [-0.1, -0.05) is 136 Å². The molecule has 0 saturated heterocycles. The van der Waals surface area contributed by atoms with E-state index in [9.17, 15) is 0 Å². The Kier molecular flexibility index (Phi) is 29.6. The molecule has 1 nitrogen and oxygen atoms in total. The summed E-state index contributed by atoms with van der Waals surface area (Å²) in [6.45, 7) is 21.2. The summed E-state index contributed by atoms with van der Waals surface area (Å²) in [5, 5.41) is 0. The molecular weight excluding hydrogens is 1110 g/mol. The zero-order valence-corrected chi connectivity index (χ0v) is 52.4. The SMILES string of the molecule is C[Si](C)(C1CCC2C=CC=CC21)[Si](C)(C)C1CCC2C=CC=CC21.C[Si](C)(O[Si](C)(C)C1CCC2C=CC=CC21)C1CCC2C=CC=CC21.[CH3-].[CH3-].[CH3-].[CH3-].[CH3-].[CH3-].[CH3-].[CH3-].[Hf+4].[Hf+4]. The van der Waals surface area contributed by atoms with E-state index in [2.05, 4.69) is 150 Å².